The molecule has 15 heavy (non-hydrogen) atoms. The number of nitro benzene ring substituents is 1. The van der Waals surface area contributed by atoms with Crippen LogP contribution in [0.5, 0.6) is 0 Å². The molecule has 0 saturated carbocycles. The molecule has 1 aromatic rings. The molecule has 0 amide bonds. The van der Waals surface area contributed by atoms with E-state index in [2.05, 4.69) is 0 Å². The summed E-state index contributed by atoms with van der Waals surface area (Å²) in [6.07, 6.45) is 0.0637. The Kier molecular flexibility index (Phi) is 3.12. The van der Waals surface area contributed by atoms with Gasteiger partial charge >= 0.3 is 12.8 Å². The number of rotatable bonds is 3. The molecule has 0 atom stereocenters. The van der Waals surface area contributed by atoms with Crippen LogP contribution >= 0.6 is 0 Å². The van der Waals surface area contributed by atoms with Crippen molar-refractivity contribution in [1.82, 2.24) is 0 Å². The summed E-state index contributed by atoms with van der Waals surface area (Å²) in [7, 11) is -2.00. The van der Waals surface area contributed by atoms with Crippen molar-refractivity contribution in [3.63, 3.8) is 0 Å². The molecule has 8 heteroatoms. The highest BCUT2D eigenvalue weighted by Crippen LogP contribution is 2.17. The molecule has 0 saturated heterocycles. The van der Waals surface area contributed by atoms with Crippen molar-refractivity contribution in [2.75, 3.05) is 0 Å². The molecule has 1 aromatic carbocycles. The maximum absolute atomic E-state index is 13.1. The molecule has 6 nitrogen and oxygen atoms in total. The molecule has 0 aromatic heterocycles. The van der Waals surface area contributed by atoms with Gasteiger partial charge in [-0.25, -0.2) is 0 Å². The van der Waals surface area contributed by atoms with Gasteiger partial charge in [0.05, 0.1) is 10.5 Å². The topological polar surface area (TPSA) is 101 Å². The van der Waals surface area contributed by atoms with Crippen LogP contribution in [0.1, 0.15) is 10.4 Å². The van der Waals surface area contributed by atoms with Crippen LogP contribution in [0, 0.1) is 15.9 Å². The first kappa shape index (κ1) is 11.3. The standard InChI is InChI=1S/C7H5BFNO5/c9-7-4(3-11)1-5(8(12)13)2-6(7)10(14)15/h1-3,12-13H. The molecule has 2 N–H and O–H groups in total. The predicted octanol–water partition coefficient (Wildman–Crippen LogP) is -0.774. The highest BCUT2D eigenvalue weighted by molar-refractivity contribution is 6.58. The fraction of sp³-hybridized carbons (Fsp3) is 0. The van der Waals surface area contributed by atoms with Gasteiger partial charge in [0, 0.05) is 6.07 Å². The number of carbonyl (C=O) groups is 1. The Hall–Kier alpha value is -1.80. The lowest BCUT2D eigenvalue weighted by atomic mass is 9.79. The third kappa shape index (κ3) is 2.17. The average Bonchev–Trinajstić information content (AvgIpc) is 2.17. The molecule has 78 valence electrons. The smallest absolute Gasteiger partial charge is 0.423 e. The Morgan fingerprint density at radius 1 is 1.47 bits per heavy atom. The number of benzene rings is 1. The third-order valence-corrected chi connectivity index (χ3v) is 1.73. The minimum absolute atomic E-state index is 0.0637. The summed E-state index contributed by atoms with van der Waals surface area (Å²) in [5.74, 6) is -1.29. The van der Waals surface area contributed by atoms with E-state index >= 15 is 0 Å². The van der Waals surface area contributed by atoms with Gasteiger partial charge in [0.25, 0.3) is 0 Å². The van der Waals surface area contributed by atoms with Gasteiger partial charge in [-0.1, -0.05) is 0 Å². The number of carbonyl (C=O) groups excluding carboxylic acids is 1. The van der Waals surface area contributed by atoms with E-state index in [1.54, 1.807) is 0 Å². The fourth-order valence-corrected chi connectivity index (χ4v) is 1.02. The maximum atomic E-state index is 13.1. The van der Waals surface area contributed by atoms with Crippen LogP contribution in [0.15, 0.2) is 12.1 Å². The van der Waals surface area contributed by atoms with Gasteiger partial charge in [-0.2, -0.15) is 4.39 Å². The largest absolute Gasteiger partial charge is 0.488 e. The van der Waals surface area contributed by atoms with E-state index in [1.165, 1.54) is 0 Å². The molecule has 0 bridgehead atoms. The average molecular weight is 213 g/mol. The molecule has 0 heterocycles. The highest BCUT2D eigenvalue weighted by atomic mass is 19.1. The molecular weight excluding hydrogens is 208 g/mol. The fourth-order valence-electron chi connectivity index (χ4n) is 1.02. The second-order valence-electron chi connectivity index (χ2n) is 2.69. The van der Waals surface area contributed by atoms with Gasteiger partial charge in [-0.3, -0.25) is 14.9 Å². The number of hydrogen-bond donors (Lipinski definition) is 2. The molecule has 0 unspecified atom stereocenters. The molecule has 0 spiro atoms. The highest BCUT2D eigenvalue weighted by Gasteiger charge is 2.23. The van der Waals surface area contributed by atoms with Crippen molar-refractivity contribution < 1.29 is 24.2 Å². The number of nitrogens with zero attached hydrogens (tertiary/aromatic N) is 1. The zero-order chi connectivity index (χ0) is 11.6. The van der Waals surface area contributed by atoms with Crippen LogP contribution in [-0.4, -0.2) is 28.4 Å². The minimum atomic E-state index is -2.00. The van der Waals surface area contributed by atoms with Crippen molar-refractivity contribution in [3.05, 3.63) is 33.6 Å². The Labute approximate surface area is 83.3 Å². The Morgan fingerprint density at radius 2 is 2.07 bits per heavy atom. The summed E-state index contributed by atoms with van der Waals surface area (Å²) in [6, 6.07) is 1.49. The van der Waals surface area contributed by atoms with Gasteiger partial charge in [0.15, 0.2) is 6.29 Å². The van der Waals surface area contributed by atoms with E-state index < -0.39 is 29.1 Å². The van der Waals surface area contributed by atoms with Crippen LogP contribution in [0.4, 0.5) is 10.1 Å². The summed E-state index contributed by atoms with van der Waals surface area (Å²) >= 11 is 0. The molecule has 0 fully saturated rings. The molecule has 0 aliphatic heterocycles. The van der Waals surface area contributed by atoms with Gasteiger partial charge in [0.1, 0.15) is 0 Å². The van der Waals surface area contributed by atoms with Gasteiger partial charge in [-0.05, 0) is 11.5 Å². The van der Waals surface area contributed by atoms with E-state index in [0.29, 0.717) is 6.07 Å². The van der Waals surface area contributed by atoms with Crippen molar-refractivity contribution in [2.24, 2.45) is 0 Å². The van der Waals surface area contributed by atoms with Crippen LogP contribution in [0.25, 0.3) is 0 Å². The normalized spacial score (nSPS) is 9.80. The van der Waals surface area contributed by atoms with E-state index in [1.807, 2.05) is 0 Å². The van der Waals surface area contributed by atoms with E-state index in [-0.39, 0.29) is 11.7 Å². The zero-order valence-electron chi connectivity index (χ0n) is 7.25. The quantitative estimate of drug-likeness (QED) is 0.297. The lowest BCUT2D eigenvalue weighted by molar-refractivity contribution is -0.387. The second kappa shape index (κ2) is 4.15. The maximum Gasteiger partial charge on any atom is 0.488 e. The van der Waals surface area contributed by atoms with Crippen molar-refractivity contribution in [3.8, 4) is 0 Å². The monoisotopic (exact) mass is 213 g/mol. The van der Waals surface area contributed by atoms with Crippen LogP contribution in [0.2, 0.25) is 0 Å². The molecule has 0 aliphatic carbocycles. The second-order valence-corrected chi connectivity index (χ2v) is 2.69. The number of aldehydes is 1. The SMILES string of the molecule is O=Cc1cc(B(O)O)cc([N+](=O)[O-])c1F. The van der Waals surface area contributed by atoms with Crippen LogP contribution in [0.3, 0.4) is 0 Å². The molecule has 0 radical (unpaired) electrons. The Bertz CT molecular complexity index is 422. The summed E-state index contributed by atoms with van der Waals surface area (Å²) in [5.41, 5.74) is -1.87. The Morgan fingerprint density at radius 3 is 2.47 bits per heavy atom. The van der Waals surface area contributed by atoms with Crippen molar-refractivity contribution >= 4 is 24.6 Å². The first-order chi connectivity index (χ1) is 6.97. The zero-order valence-corrected chi connectivity index (χ0v) is 7.25. The lowest BCUT2D eigenvalue weighted by Crippen LogP contribution is -2.30. The summed E-state index contributed by atoms with van der Waals surface area (Å²) in [4.78, 5) is 19.7. The number of hydrogen-bond acceptors (Lipinski definition) is 5. The van der Waals surface area contributed by atoms with E-state index in [4.69, 9.17) is 10.0 Å². The molecular formula is C7H5BFNO5. The number of nitro groups is 1. The lowest BCUT2D eigenvalue weighted by Gasteiger charge is -2.02. The van der Waals surface area contributed by atoms with Gasteiger partial charge < -0.3 is 10.0 Å². The van der Waals surface area contributed by atoms with Gasteiger partial charge in [-0.15, -0.1) is 0 Å². The summed E-state index contributed by atoms with van der Waals surface area (Å²) < 4.78 is 13.1. The molecule has 0 aliphatic rings. The first-order valence-electron chi connectivity index (χ1n) is 3.76. The predicted molar refractivity (Wildman–Crippen MR) is 48.3 cm³/mol. The minimum Gasteiger partial charge on any atom is -0.423 e. The third-order valence-electron chi connectivity index (χ3n) is 1.73. The van der Waals surface area contributed by atoms with Crippen LogP contribution in [-0.2, 0) is 0 Å². The van der Waals surface area contributed by atoms with Gasteiger partial charge in [0.2, 0.25) is 5.82 Å². The van der Waals surface area contributed by atoms with E-state index in [9.17, 15) is 19.3 Å². The Balaban J connectivity index is 3.45. The summed E-state index contributed by atoms with van der Waals surface area (Å²) in [6.45, 7) is 0. The number of halogens is 1. The summed E-state index contributed by atoms with van der Waals surface area (Å²) in [5, 5.41) is 27.8. The van der Waals surface area contributed by atoms with E-state index in [0.717, 1.165) is 6.07 Å². The molecule has 1 rings (SSSR count). The first-order valence-corrected chi connectivity index (χ1v) is 3.76. The van der Waals surface area contributed by atoms with Crippen LogP contribution < -0.4 is 5.46 Å². The van der Waals surface area contributed by atoms with Crippen molar-refractivity contribution in [2.45, 2.75) is 0 Å². The van der Waals surface area contributed by atoms with Crippen molar-refractivity contribution in [1.29, 1.82) is 0 Å².